The van der Waals surface area contributed by atoms with Crippen molar-refractivity contribution in [2.75, 3.05) is 0 Å². The van der Waals surface area contributed by atoms with Gasteiger partial charge in [0, 0.05) is 0 Å². The first kappa shape index (κ1) is 35.1. The van der Waals surface area contributed by atoms with Crippen molar-refractivity contribution in [3.63, 3.8) is 0 Å². The van der Waals surface area contributed by atoms with E-state index in [-0.39, 0.29) is 69.2 Å². The topological polar surface area (TPSA) is 172 Å². The molecule has 13 heteroatoms. The normalized spacial score (nSPS) is 10.2. The van der Waals surface area contributed by atoms with Gasteiger partial charge in [-0.3, -0.25) is 0 Å². The van der Waals surface area contributed by atoms with E-state index >= 15 is 0 Å². The molecule has 0 fully saturated rings. The minimum absolute atomic E-state index is 0. The Balaban J connectivity index is 0. The number of fused-ring (bicyclic) bond motifs is 2. The second-order valence-corrected chi connectivity index (χ2v) is 7.74. The minimum Gasteiger partial charge on any atom is -0.822 e. The Hall–Kier alpha value is -0.0813. The van der Waals surface area contributed by atoms with Crippen LogP contribution < -0.4 is 29.4 Å². The number of benzene rings is 4. The van der Waals surface area contributed by atoms with Crippen molar-refractivity contribution in [2.45, 2.75) is 0 Å². The zero-order valence-corrected chi connectivity index (χ0v) is 23.4. The first-order chi connectivity index (χ1) is 13.9. The maximum Gasteiger partial charge on any atom is 2.00 e. The van der Waals surface area contributed by atoms with Crippen molar-refractivity contribution in [1.82, 2.24) is 0 Å². The molecule has 0 saturated heterocycles. The van der Waals surface area contributed by atoms with Crippen LogP contribution >= 0.6 is 15.6 Å². The van der Waals surface area contributed by atoms with Crippen molar-refractivity contribution >= 4 is 106 Å². The van der Waals surface area contributed by atoms with Crippen molar-refractivity contribution in [2.24, 2.45) is 0 Å². The maximum absolute atomic E-state index is 8.55. The van der Waals surface area contributed by atoms with Gasteiger partial charge >= 0.3 is 69.2 Å². The van der Waals surface area contributed by atoms with Crippen LogP contribution in [0.25, 0.3) is 32.7 Å². The average Bonchev–Trinajstić information content (AvgIpc) is 2.64. The smallest absolute Gasteiger partial charge is 0.822 e. The van der Waals surface area contributed by atoms with Crippen molar-refractivity contribution in [1.29, 1.82) is 0 Å². The van der Waals surface area contributed by atoms with E-state index in [1.165, 1.54) is 32.7 Å². The molecule has 0 amide bonds. The summed E-state index contributed by atoms with van der Waals surface area (Å²) in [5, 5.41) is 5.20. The summed E-state index contributed by atoms with van der Waals surface area (Å²) in [6.07, 6.45) is 0. The van der Waals surface area contributed by atoms with E-state index in [1.54, 1.807) is 0 Å². The third-order valence-corrected chi connectivity index (χ3v) is 3.87. The monoisotopic (exact) mass is 516 g/mol. The van der Waals surface area contributed by atoms with Gasteiger partial charge in [0.25, 0.3) is 0 Å². The summed E-state index contributed by atoms with van der Waals surface area (Å²) in [4.78, 5) is 51.3. The van der Waals surface area contributed by atoms with Gasteiger partial charge in [0.2, 0.25) is 0 Å². The Morgan fingerprint density at radius 2 is 0.667 bits per heavy atom. The molecule has 0 aliphatic heterocycles. The summed E-state index contributed by atoms with van der Waals surface area (Å²) in [5.41, 5.74) is 2.61. The van der Waals surface area contributed by atoms with Gasteiger partial charge in [0.05, 0.1) is 0 Å². The Morgan fingerprint density at radius 3 is 0.970 bits per heavy atom. The average molecular weight is 517 g/mol. The Labute approximate surface area is 239 Å². The molecule has 0 unspecified atom stereocenters. The fourth-order valence-corrected chi connectivity index (χ4v) is 2.92. The second-order valence-electron chi connectivity index (χ2n) is 5.95. The number of rotatable bonds is 1. The molecule has 0 aliphatic rings. The summed E-state index contributed by atoms with van der Waals surface area (Å²) in [6, 6.07) is 30.2. The zero-order chi connectivity index (χ0) is 22.4. The number of hydrogen-bond acceptors (Lipinski definition) is 8. The first-order valence-electron chi connectivity index (χ1n) is 8.35. The van der Waals surface area contributed by atoms with Gasteiger partial charge < -0.3 is 38.5 Å². The van der Waals surface area contributed by atoms with E-state index < -0.39 is 15.6 Å². The number of hydrogen-bond donors (Lipinski definition) is 0. The van der Waals surface area contributed by atoms with Crippen molar-refractivity contribution in [3.05, 3.63) is 84.9 Å². The maximum atomic E-state index is 8.55. The van der Waals surface area contributed by atoms with Crippen LogP contribution in [0.3, 0.4) is 0 Å². The van der Waals surface area contributed by atoms with E-state index in [0.29, 0.717) is 0 Å². The molecule has 0 bridgehead atoms. The van der Waals surface area contributed by atoms with Gasteiger partial charge in [0.15, 0.2) is 0 Å². The first-order valence-corrected chi connectivity index (χ1v) is 11.3. The summed E-state index contributed by atoms with van der Waals surface area (Å²) in [5.74, 6) is 0. The van der Waals surface area contributed by atoms with Gasteiger partial charge in [-0.1, -0.05) is 84.9 Å². The van der Waals surface area contributed by atoms with E-state index in [4.69, 9.17) is 38.5 Å². The van der Waals surface area contributed by atoms with Crippen LogP contribution in [0.15, 0.2) is 84.9 Å². The predicted octanol–water partition coefficient (Wildman–Crippen LogP) is -1.13. The molecule has 33 heavy (non-hydrogen) atoms. The van der Waals surface area contributed by atoms with E-state index in [2.05, 4.69) is 84.9 Å². The Kier molecular flexibility index (Phi) is 16.8. The van der Waals surface area contributed by atoms with E-state index in [1.807, 2.05) is 0 Å². The summed E-state index contributed by atoms with van der Waals surface area (Å²) >= 11 is 0. The molecule has 0 radical (unpaired) electrons. The molecule has 0 spiro atoms. The minimum atomic E-state index is -5.39. The van der Waals surface area contributed by atoms with Gasteiger partial charge in [-0.25, -0.2) is 0 Å². The van der Waals surface area contributed by atoms with Gasteiger partial charge in [-0.15, -0.1) is 0 Å². The standard InChI is InChI=1S/C20H14.3Mg.2H3O4P/c1-3-11-17-15(7-1)9-5-13-19(17)20-14-6-10-16-8-2-4-12-18(16)20;;;;2*1-5(2,3)4/h1-14H;;;;2*(H3,1,2,3,4)/q;3*+2;;/p-6. The molecule has 0 heterocycles. The van der Waals surface area contributed by atoms with E-state index in [9.17, 15) is 0 Å². The van der Waals surface area contributed by atoms with Crippen LogP contribution in [0.1, 0.15) is 0 Å². The molecule has 0 atom stereocenters. The van der Waals surface area contributed by atoms with Gasteiger partial charge in [0.1, 0.15) is 0 Å². The molecule has 0 N–H and O–H groups in total. The third-order valence-electron chi connectivity index (χ3n) is 3.87. The van der Waals surface area contributed by atoms with E-state index in [0.717, 1.165) is 0 Å². The molecule has 4 aromatic carbocycles. The molecule has 8 nitrogen and oxygen atoms in total. The fourth-order valence-electron chi connectivity index (χ4n) is 2.92. The molecular formula is C20H14Mg3O8P2. The summed E-state index contributed by atoms with van der Waals surface area (Å²) in [7, 11) is -10.8. The Morgan fingerprint density at radius 1 is 0.424 bits per heavy atom. The van der Waals surface area contributed by atoms with Gasteiger partial charge in [-0.2, -0.15) is 15.6 Å². The van der Waals surface area contributed by atoms with Crippen LogP contribution in [0.5, 0.6) is 0 Å². The summed E-state index contributed by atoms with van der Waals surface area (Å²) < 4.78 is 17.1. The molecule has 0 saturated carbocycles. The second kappa shape index (κ2) is 15.8. The third kappa shape index (κ3) is 13.6. The van der Waals surface area contributed by atoms with Crippen LogP contribution in [0.2, 0.25) is 0 Å². The van der Waals surface area contributed by atoms with Crippen molar-refractivity contribution in [3.8, 4) is 11.1 Å². The fraction of sp³-hybridized carbons (Fsp3) is 0. The molecule has 4 rings (SSSR count). The SMILES string of the molecule is O=P([O-])([O-])[O-].O=P([O-])([O-])[O-].[Mg+2].[Mg+2].[Mg+2].c1ccc2c(-c3cccc4ccccc34)cccc2c1. The van der Waals surface area contributed by atoms with Crippen LogP contribution in [-0.4, -0.2) is 69.2 Å². The summed E-state index contributed by atoms with van der Waals surface area (Å²) in [6.45, 7) is 0. The van der Waals surface area contributed by atoms with Crippen LogP contribution in [-0.2, 0) is 9.13 Å². The molecule has 4 aromatic rings. The van der Waals surface area contributed by atoms with Crippen LogP contribution in [0.4, 0.5) is 0 Å². The zero-order valence-electron chi connectivity index (χ0n) is 17.4. The molecule has 0 aromatic heterocycles. The predicted molar refractivity (Wildman–Crippen MR) is 119 cm³/mol. The molecule has 0 aliphatic carbocycles. The Bertz CT molecular complexity index is 1120. The molecular weight excluding hydrogens is 503 g/mol. The van der Waals surface area contributed by atoms with Crippen molar-refractivity contribution < 1.29 is 38.5 Å². The van der Waals surface area contributed by atoms with Crippen LogP contribution in [0, 0.1) is 0 Å². The number of phosphoric acid groups is 2. The largest absolute Gasteiger partial charge is 2.00 e. The quantitative estimate of drug-likeness (QED) is 0.225. The molecule has 158 valence electrons. The van der Waals surface area contributed by atoms with Gasteiger partial charge in [-0.05, 0) is 32.7 Å².